The molecule has 2 rings (SSSR count). The van der Waals surface area contributed by atoms with E-state index in [2.05, 4.69) is 0 Å². The van der Waals surface area contributed by atoms with Crippen LogP contribution in [0.5, 0.6) is 5.75 Å². The van der Waals surface area contributed by atoms with Gasteiger partial charge in [-0.2, -0.15) is 0 Å². The Balaban J connectivity index is 2.47. The topological polar surface area (TPSA) is 35.5 Å². The highest BCUT2D eigenvalue weighted by Gasteiger charge is 2.26. The van der Waals surface area contributed by atoms with Crippen LogP contribution < -0.4 is 15.3 Å². The second-order valence-electron chi connectivity index (χ2n) is 3.77. The van der Waals surface area contributed by atoms with E-state index in [9.17, 15) is 4.57 Å². The Hall–Kier alpha value is -1.57. The van der Waals surface area contributed by atoms with Crippen molar-refractivity contribution in [1.82, 2.24) is 0 Å². The van der Waals surface area contributed by atoms with Crippen LogP contribution in [0.2, 0.25) is 0 Å². The fraction of sp³-hybridized carbons (Fsp3) is 0.143. The van der Waals surface area contributed by atoms with E-state index in [0.717, 1.165) is 5.75 Å². The fourth-order valence-electron chi connectivity index (χ4n) is 1.76. The van der Waals surface area contributed by atoms with Crippen molar-refractivity contribution < 1.29 is 13.8 Å². The molecule has 0 fully saturated rings. The third-order valence-corrected chi connectivity index (χ3v) is 5.24. The Kier molecular flexibility index (Phi) is 3.85. The number of hydrogen-bond acceptors (Lipinski definition) is 3. The summed E-state index contributed by atoms with van der Waals surface area (Å²) in [6.45, 7) is 0. The van der Waals surface area contributed by atoms with Gasteiger partial charge in [-0.15, -0.1) is 0 Å². The molecule has 94 valence electrons. The summed E-state index contributed by atoms with van der Waals surface area (Å²) < 4.78 is 23.3. The van der Waals surface area contributed by atoms with Crippen LogP contribution in [0, 0.1) is 0 Å². The van der Waals surface area contributed by atoms with Crippen LogP contribution in [0.25, 0.3) is 0 Å². The summed E-state index contributed by atoms with van der Waals surface area (Å²) in [5.74, 6) is 0.731. The molecule has 3 nitrogen and oxygen atoms in total. The summed E-state index contributed by atoms with van der Waals surface area (Å²) in [5.41, 5.74) is 0. The largest absolute Gasteiger partial charge is 0.497 e. The molecule has 2 aromatic rings. The molecule has 0 amide bonds. The molecule has 0 bridgehead atoms. The number of benzene rings is 2. The molecule has 0 heterocycles. The van der Waals surface area contributed by atoms with E-state index in [1.54, 1.807) is 31.4 Å². The van der Waals surface area contributed by atoms with Crippen LogP contribution in [0.4, 0.5) is 0 Å². The van der Waals surface area contributed by atoms with Gasteiger partial charge in [0.05, 0.1) is 7.11 Å². The molecule has 0 radical (unpaired) electrons. The molecule has 0 aliphatic carbocycles. The van der Waals surface area contributed by atoms with Crippen LogP contribution >= 0.6 is 7.37 Å². The Morgan fingerprint density at radius 1 is 0.833 bits per heavy atom. The van der Waals surface area contributed by atoms with Gasteiger partial charge >= 0.3 is 0 Å². The minimum Gasteiger partial charge on any atom is -0.497 e. The highest BCUT2D eigenvalue weighted by atomic mass is 31.2. The molecule has 0 aliphatic rings. The van der Waals surface area contributed by atoms with Crippen molar-refractivity contribution in [3.8, 4) is 5.75 Å². The van der Waals surface area contributed by atoms with Crippen molar-refractivity contribution in [3.63, 3.8) is 0 Å². The van der Waals surface area contributed by atoms with Crippen LogP contribution in [-0.4, -0.2) is 14.2 Å². The maximum atomic E-state index is 12.9. The molecule has 1 unspecified atom stereocenters. The molecule has 0 aromatic heterocycles. The summed E-state index contributed by atoms with van der Waals surface area (Å²) in [5, 5.41) is 1.36. The number of rotatable bonds is 4. The van der Waals surface area contributed by atoms with E-state index < -0.39 is 7.37 Å². The summed E-state index contributed by atoms with van der Waals surface area (Å²) >= 11 is 0. The molecule has 0 N–H and O–H groups in total. The predicted octanol–water partition coefficient (Wildman–Crippen LogP) is 2.57. The Morgan fingerprint density at radius 3 is 1.89 bits per heavy atom. The smallest absolute Gasteiger partial charge is 0.261 e. The van der Waals surface area contributed by atoms with Crippen LogP contribution in [0.15, 0.2) is 54.6 Å². The van der Waals surface area contributed by atoms with Crippen molar-refractivity contribution in [1.29, 1.82) is 0 Å². The van der Waals surface area contributed by atoms with Gasteiger partial charge in [-0.1, -0.05) is 18.2 Å². The van der Waals surface area contributed by atoms with E-state index in [-0.39, 0.29) is 0 Å². The van der Waals surface area contributed by atoms with Gasteiger partial charge < -0.3 is 9.26 Å². The summed E-state index contributed by atoms with van der Waals surface area (Å²) in [6.07, 6.45) is 0. The Labute approximate surface area is 107 Å². The van der Waals surface area contributed by atoms with Gasteiger partial charge in [-0.25, -0.2) is 0 Å². The van der Waals surface area contributed by atoms with E-state index in [4.69, 9.17) is 9.26 Å². The van der Waals surface area contributed by atoms with Gasteiger partial charge in [0.2, 0.25) is 0 Å². The van der Waals surface area contributed by atoms with Gasteiger partial charge in [-0.05, 0) is 36.4 Å². The van der Waals surface area contributed by atoms with E-state index in [1.165, 1.54) is 7.11 Å². The highest BCUT2D eigenvalue weighted by Crippen LogP contribution is 2.43. The van der Waals surface area contributed by atoms with Crippen molar-refractivity contribution >= 4 is 18.0 Å². The first-order valence-corrected chi connectivity index (χ1v) is 7.19. The van der Waals surface area contributed by atoms with Crippen LogP contribution in [0.1, 0.15) is 0 Å². The van der Waals surface area contributed by atoms with E-state index >= 15 is 0 Å². The molecule has 1 atom stereocenters. The second-order valence-corrected chi connectivity index (χ2v) is 6.27. The average molecular weight is 262 g/mol. The molecular formula is C14H15O3P. The molecule has 0 spiro atoms. The van der Waals surface area contributed by atoms with Crippen molar-refractivity contribution in [2.75, 3.05) is 14.2 Å². The zero-order chi connectivity index (χ0) is 13.0. The second kappa shape index (κ2) is 5.38. The summed E-state index contributed by atoms with van der Waals surface area (Å²) in [4.78, 5) is 0. The monoisotopic (exact) mass is 262 g/mol. The maximum Gasteiger partial charge on any atom is 0.261 e. The standard InChI is InChI=1S/C14H15O3P/c1-16-12-8-10-14(11-9-12)18(15,17-2)13-6-4-3-5-7-13/h3-11H,1-2H3. The van der Waals surface area contributed by atoms with Crippen LogP contribution in [-0.2, 0) is 9.09 Å². The predicted molar refractivity (Wildman–Crippen MR) is 73.3 cm³/mol. The molecule has 0 aliphatic heterocycles. The maximum absolute atomic E-state index is 12.9. The summed E-state index contributed by atoms with van der Waals surface area (Å²) in [6, 6.07) is 16.3. The molecule has 18 heavy (non-hydrogen) atoms. The quantitative estimate of drug-likeness (QED) is 0.794. The minimum absolute atomic E-state index is 0.664. The highest BCUT2D eigenvalue weighted by molar-refractivity contribution is 7.74. The molecule has 0 saturated heterocycles. The SMILES string of the molecule is COc1ccc(P(=O)(OC)c2ccccc2)cc1. The van der Waals surface area contributed by atoms with Gasteiger partial charge in [0.1, 0.15) is 5.75 Å². The molecule has 0 saturated carbocycles. The van der Waals surface area contributed by atoms with E-state index in [0.29, 0.717) is 10.6 Å². The third-order valence-electron chi connectivity index (χ3n) is 2.77. The van der Waals surface area contributed by atoms with Gasteiger partial charge in [0.15, 0.2) is 0 Å². The van der Waals surface area contributed by atoms with Crippen LogP contribution in [0.3, 0.4) is 0 Å². The number of hydrogen-bond donors (Lipinski definition) is 0. The van der Waals surface area contributed by atoms with Gasteiger partial charge in [0, 0.05) is 17.7 Å². The minimum atomic E-state index is -2.99. The van der Waals surface area contributed by atoms with Crippen molar-refractivity contribution in [2.24, 2.45) is 0 Å². The van der Waals surface area contributed by atoms with Crippen molar-refractivity contribution in [3.05, 3.63) is 54.6 Å². The lowest BCUT2D eigenvalue weighted by Gasteiger charge is -2.17. The van der Waals surface area contributed by atoms with Gasteiger partial charge in [0.25, 0.3) is 7.37 Å². The lowest BCUT2D eigenvalue weighted by atomic mass is 10.3. The Morgan fingerprint density at radius 2 is 1.39 bits per heavy atom. The molecular weight excluding hydrogens is 247 g/mol. The molecule has 2 aromatic carbocycles. The first-order valence-electron chi connectivity index (χ1n) is 5.57. The third kappa shape index (κ3) is 2.33. The zero-order valence-corrected chi connectivity index (χ0v) is 11.3. The number of methoxy groups -OCH3 is 1. The van der Waals surface area contributed by atoms with Crippen molar-refractivity contribution in [2.45, 2.75) is 0 Å². The number of ether oxygens (including phenoxy) is 1. The fourth-order valence-corrected chi connectivity index (χ4v) is 3.59. The first kappa shape index (κ1) is 12.9. The lowest BCUT2D eigenvalue weighted by Crippen LogP contribution is -2.16. The lowest BCUT2D eigenvalue weighted by molar-refractivity contribution is 0.411. The molecule has 4 heteroatoms. The normalized spacial score (nSPS) is 13.9. The van der Waals surface area contributed by atoms with E-state index in [1.807, 2.05) is 30.3 Å². The zero-order valence-electron chi connectivity index (χ0n) is 10.4. The first-order chi connectivity index (χ1) is 8.70. The Bertz CT molecular complexity index is 549. The van der Waals surface area contributed by atoms with Gasteiger partial charge in [-0.3, -0.25) is 4.57 Å². The summed E-state index contributed by atoms with van der Waals surface area (Å²) in [7, 11) is 0.0787. The average Bonchev–Trinajstić information content (AvgIpc) is 2.47.